The molecule has 0 unspecified atom stereocenters. The molecule has 0 aromatic rings. The van der Waals surface area contributed by atoms with Crippen LogP contribution in [0.2, 0.25) is 0 Å². The largest absolute Gasteiger partial charge is 0.376 e. The van der Waals surface area contributed by atoms with Crippen LogP contribution in [0.5, 0.6) is 0 Å². The molecule has 0 aromatic carbocycles. The van der Waals surface area contributed by atoms with Gasteiger partial charge in [0.2, 0.25) is 0 Å². The third-order valence-corrected chi connectivity index (χ3v) is 4.78. The molecule has 0 N–H and O–H groups in total. The summed E-state index contributed by atoms with van der Waals surface area (Å²) in [6, 6.07) is 0. The zero-order valence-corrected chi connectivity index (χ0v) is 15.1. The first-order valence-corrected chi connectivity index (χ1v) is 8.07. The molecule has 0 aromatic heterocycles. The fraction of sp³-hybridized carbons (Fsp3) is 0.944. The topological polar surface area (TPSA) is 26.3 Å². The lowest BCUT2D eigenvalue weighted by Crippen LogP contribution is -2.33. The molecule has 2 heteroatoms. The summed E-state index contributed by atoms with van der Waals surface area (Å²) in [5.74, 6) is 0.360. The third kappa shape index (κ3) is 7.42. The molecule has 2 nitrogen and oxygen atoms in total. The first kappa shape index (κ1) is 19.6. The quantitative estimate of drug-likeness (QED) is 0.567. The summed E-state index contributed by atoms with van der Waals surface area (Å²) in [5.41, 5.74) is 0.329. The minimum atomic E-state index is -0.197. The standard InChI is InChI=1S/C18H36O2/c1-9-10-15(19)11-12-18(7,8)20-14-13-17(5,6)16(2,3)4/h9-14H2,1-8H3. The second-order valence-electron chi connectivity index (χ2n) is 8.28. The van der Waals surface area contributed by atoms with E-state index in [4.69, 9.17) is 4.74 Å². The van der Waals surface area contributed by atoms with E-state index in [1.807, 2.05) is 6.92 Å². The average molecular weight is 284 g/mol. The van der Waals surface area contributed by atoms with Crippen molar-refractivity contribution in [2.75, 3.05) is 6.61 Å². The van der Waals surface area contributed by atoms with Gasteiger partial charge in [-0.2, -0.15) is 0 Å². The number of hydrogen-bond acceptors (Lipinski definition) is 2. The summed E-state index contributed by atoms with van der Waals surface area (Å²) in [7, 11) is 0. The Labute approximate surface area is 126 Å². The van der Waals surface area contributed by atoms with Crippen molar-refractivity contribution >= 4 is 5.78 Å². The predicted octanol–water partition coefficient (Wildman–Crippen LogP) is 5.39. The molecule has 0 radical (unpaired) electrons. The second kappa shape index (κ2) is 7.59. The van der Waals surface area contributed by atoms with Crippen LogP contribution in [-0.4, -0.2) is 18.0 Å². The molecule has 120 valence electrons. The SMILES string of the molecule is CCCC(=O)CCC(C)(C)OCCC(C)(C)C(C)(C)C. The maximum Gasteiger partial charge on any atom is 0.133 e. The first-order chi connectivity index (χ1) is 8.91. The highest BCUT2D eigenvalue weighted by Gasteiger charge is 2.33. The molecule has 0 aliphatic carbocycles. The molecular weight excluding hydrogens is 248 g/mol. The Morgan fingerprint density at radius 3 is 1.90 bits per heavy atom. The Balaban J connectivity index is 4.14. The summed E-state index contributed by atoms with van der Waals surface area (Å²) in [6.45, 7) is 18.4. The van der Waals surface area contributed by atoms with Crippen LogP contribution >= 0.6 is 0 Å². The molecule has 0 atom stereocenters. The van der Waals surface area contributed by atoms with Gasteiger partial charge in [-0.25, -0.2) is 0 Å². The monoisotopic (exact) mass is 284 g/mol. The van der Waals surface area contributed by atoms with Crippen LogP contribution in [0.1, 0.15) is 87.5 Å². The molecule has 0 saturated heterocycles. The minimum absolute atomic E-state index is 0.197. The fourth-order valence-electron chi connectivity index (χ4n) is 1.87. The Hall–Kier alpha value is -0.370. The zero-order chi connectivity index (χ0) is 16.0. The molecule has 0 aliphatic heterocycles. The van der Waals surface area contributed by atoms with Crippen molar-refractivity contribution < 1.29 is 9.53 Å². The van der Waals surface area contributed by atoms with Crippen LogP contribution in [0.15, 0.2) is 0 Å². The van der Waals surface area contributed by atoms with Crippen molar-refractivity contribution in [3.63, 3.8) is 0 Å². The fourth-order valence-corrected chi connectivity index (χ4v) is 1.87. The predicted molar refractivity (Wildman–Crippen MR) is 87.0 cm³/mol. The van der Waals surface area contributed by atoms with Crippen molar-refractivity contribution in [3.8, 4) is 0 Å². The number of hydrogen-bond donors (Lipinski definition) is 0. The van der Waals surface area contributed by atoms with Crippen LogP contribution in [0.4, 0.5) is 0 Å². The van der Waals surface area contributed by atoms with E-state index in [0.717, 1.165) is 25.9 Å². The van der Waals surface area contributed by atoms with Gasteiger partial charge in [0.1, 0.15) is 5.78 Å². The Bertz CT molecular complexity index is 295. The van der Waals surface area contributed by atoms with Gasteiger partial charge in [0.25, 0.3) is 0 Å². The molecule has 0 bridgehead atoms. The Morgan fingerprint density at radius 1 is 0.900 bits per heavy atom. The maximum absolute atomic E-state index is 11.6. The van der Waals surface area contributed by atoms with Gasteiger partial charge in [0, 0.05) is 19.4 Å². The molecule has 0 saturated carbocycles. The van der Waals surface area contributed by atoms with Crippen molar-refractivity contribution in [2.24, 2.45) is 10.8 Å². The van der Waals surface area contributed by atoms with E-state index in [1.165, 1.54) is 0 Å². The summed E-state index contributed by atoms with van der Waals surface area (Å²) in [6.07, 6.45) is 4.15. The lowest BCUT2D eigenvalue weighted by Gasteiger charge is -2.39. The molecule has 0 aliphatic rings. The normalized spacial score (nSPS) is 13.6. The van der Waals surface area contributed by atoms with Crippen LogP contribution < -0.4 is 0 Å². The number of Topliss-reactive ketones (excluding diaryl/α,β-unsaturated/α-hetero) is 1. The molecule has 0 fully saturated rings. The Morgan fingerprint density at radius 2 is 1.45 bits per heavy atom. The van der Waals surface area contributed by atoms with Crippen molar-refractivity contribution in [2.45, 2.75) is 93.1 Å². The summed E-state index contributed by atoms with van der Waals surface area (Å²) in [4.78, 5) is 11.6. The van der Waals surface area contributed by atoms with Gasteiger partial charge in [-0.05, 0) is 43.9 Å². The van der Waals surface area contributed by atoms with Crippen LogP contribution in [0, 0.1) is 10.8 Å². The van der Waals surface area contributed by atoms with Gasteiger partial charge in [-0.3, -0.25) is 4.79 Å². The van der Waals surface area contributed by atoms with E-state index in [-0.39, 0.29) is 16.4 Å². The lowest BCUT2D eigenvalue weighted by atomic mass is 9.67. The van der Waals surface area contributed by atoms with Crippen molar-refractivity contribution in [3.05, 3.63) is 0 Å². The summed E-state index contributed by atoms with van der Waals surface area (Å²) in [5, 5.41) is 0. The molecule has 0 amide bonds. The van der Waals surface area contributed by atoms with E-state index in [1.54, 1.807) is 0 Å². The number of carbonyl (C=O) groups excluding carboxylic acids is 1. The van der Waals surface area contributed by atoms with Gasteiger partial charge in [0.15, 0.2) is 0 Å². The highest BCUT2D eigenvalue weighted by Crippen LogP contribution is 2.40. The van der Waals surface area contributed by atoms with E-state index in [0.29, 0.717) is 18.6 Å². The highest BCUT2D eigenvalue weighted by atomic mass is 16.5. The molecule has 20 heavy (non-hydrogen) atoms. The molecule has 0 heterocycles. The van der Waals surface area contributed by atoms with Crippen LogP contribution in [-0.2, 0) is 9.53 Å². The van der Waals surface area contributed by atoms with Gasteiger partial charge >= 0.3 is 0 Å². The van der Waals surface area contributed by atoms with Crippen molar-refractivity contribution in [1.82, 2.24) is 0 Å². The number of carbonyl (C=O) groups is 1. The summed E-state index contributed by atoms with van der Waals surface area (Å²) < 4.78 is 6.04. The number of ketones is 1. The lowest BCUT2D eigenvalue weighted by molar-refractivity contribution is -0.121. The first-order valence-electron chi connectivity index (χ1n) is 8.07. The van der Waals surface area contributed by atoms with E-state index < -0.39 is 0 Å². The minimum Gasteiger partial charge on any atom is -0.376 e. The van der Waals surface area contributed by atoms with Gasteiger partial charge < -0.3 is 4.74 Å². The maximum atomic E-state index is 11.6. The molecule has 0 spiro atoms. The van der Waals surface area contributed by atoms with Crippen LogP contribution in [0.3, 0.4) is 0 Å². The number of rotatable bonds is 9. The van der Waals surface area contributed by atoms with Gasteiger partial charge in [-0.15, -0.1) is 0 Å². The molecular formula is C18H36O2. The van der Waals surface area contributed by atoms with E-state index in [2.05, 4.69) is 48.5 Å². The van der Waals surface area contributed by atoms with E-state index in [9.17, 15) is 4.79 Å². The van der Waals surface area contributed by atoms with Gasteiger partial charge in [-0.1, -0.05) is 41.5 Å². The number of ether oxygens (including phenoxy) is 1. The Kier molecular flexibility index (Phi) is 7.44. The smallest absolute Gasteiger partial charge is 0.133 e. The van der Waals surface area contributed by atoms with Gasteiger partial charge in [0.05, 0.1) is 5.60 Å². The average Bonchev–Trinajstić information content (AvgIpc) is 2.25. The highest BCUT2D eigenvalue weighted by molar-refractivity contribution is 5.78. The second-order valence-corrected chi connectivity index (χ2v) is 8.28. The summed E-state index contributed by atoms with van der Waals surface area (Å²) >= 11 is 0. The van der Waals surface area contributed by atoms with E-state index >= 15 is 0 Å². The molecule has 0 rings (SSSR count). The third-order valence-electron chi connectivity index (χ3n) is 4.78. The van der Waals surface area contributed by atoms with Crippen LogP contribution in [0.25, 0.3) is 0 Å². The van der Waals surface area contributed by atoms with Crippen molar-refractivity contribution in [1.29, 1.82) is 0 Å². The zero-order valence-electron chi connectivity index (χ0n) is 15.1.